The maximum absolute atomic E-state index is 12.8. The van der Waals surface area contributed by atoms with E-state index >= 15 is 0 Å². The van der Waals surface area contributed by atoms with E-state index < -0.39 is 0 Å². The summed E-state index contributed by atoms with van der Waals surface area (Å²) >= 11 is 0. The van der Waals surface area contributed by atoms with Crippen molar-refractivity contribution in [3.63, 3.8) is 0 Å². The summed E-state index contributed by atoms with van der Waals surface area (Å²) < 4.78 is 0. The van der Waals surface area contributed by atoms with Gasteiger partial charge in [0.1, 0.15) is 0 Å². The highest BCUT2D eigenvalue weighted by Gasteiger charge is 2.52. The molecule has 2 rings (SSSR count). The first kappa shape index (κ1) is 16.1. The zero-order valence-corrected chi connectivity index (χ0v) is 13.7. The van der Waals surface area contributed by atoms with Crippen molar-refractivity contribution in [3.8, 4) is 0 Å². The Morgan fingerprint density at radius 2 is 1.14 bits per heavy atom. The number of hydrogen-bond acceptors (Lipinski definition) is 2. The number of fused-ring (bicyclic) bond motifs is 2. The first-order chi connectivity index (χ1) is 10.1. The van der Waals surface area contributed by atoms with Crippen LogP contribution in [-0.2, 0) is 9.59 Å². The molecule has 0 unspecified atom stereocenters. The van der Waals surface area contributed by atoms with E-state index in [1.54, 1.807) is 0 Å². The number of carbonyl (C=O) groups excluding carboxylic acids is 2. The van der Waals surface area contributed by atoms with Crippen LogP contribution in [0.3, 0.4) is 0 Å². The van der Waals surface area contributed by atoms with Crippen LogP contribution in [0.5, 0.6) is 0 Å². The summed E-state index contributed by atoms with van der Waals surface area (Å²) in [6.45, 7) is 10.9. The van der Waals surface area contributed by atoms with E-state index in [1.807, 2.05) is 37.5 Å². The minimum atomic E-state index is -0.145. The van der Waals surface area contributed by atoms with Gasteiger partial charge in [-0.2, -0.15) is 0 Å². The van der Waals surface area contributed by atoms with Crippen LogP contribution < -0.4 is 0 Å². The SMILES string of the molecule is CCN(CC)C(=O)[C@@H]1[C@@H](C(=O)N(CC)CC)[C@H]2C=C[C@@H]1C2. The third-order valence-corrected chi connectivity index (χ3v) is 5.18. The van der Waals surface area contributed by atoms with Crippen molar-refractivity contribution >= 4 is 11.8 Å². The summed E-state index contributed by atoms with van der Waals surface area (Å²) in [7, 11) is 0. The molecule has 1 saturated carbocycles. The van der Waals surface area contributed by atoms with E-state index in [4.69, 9.17) is 0 Å². The van der Waals surface area contributed by atoms with Crippen LogP contribution >= 0.6 is 0 Å². The zero-order chi connectivity index (χ0) is 15.6. The molecule has 0 aromatic heterocycles. The largest absolute Gasteiger partial charge is 0.343 e. The van der Waals surface area contributed by atoms with Gasteiger partial charge in [-0.25, -0.2) is 0 Å². The second-order valence-electron chi connectivity index (χ2n) is 6.02. The predicted octanol–water partition coefficient (Wildman–Crippen LogP) is 2.16. The van der Waals surface area contributed by atoms with E-state index in [1.165, 1.54) is 0 Å². The molecule has 2 bridgehead atoms. The maximum atomic E-state index is 12.8. The van der Waals surface area contributed by atoms with Crippen molar-refractivity contribution in [1.82, 2.24) is 9.80 Å². The highest BCUT2D eigenvalue weighted by Crippen LogP contribution is 2.49. The van der Waals surface area contributed by atoms with Crippen LogP contribution in [0.25, 0.3) is 0 Å². The van der Waals surface area contributed by atoms with Gasteiger partial charge in [0.15, 0.2) is 0 Å². The molecule has 21 heavy (non-hydrogen) atoms. The summed E-state index contributed by atoms with van der Waals surface area (Å²) in [6.07, 6.45) is 5.28. The Hall–Kier alpha value is -1.32. The molecule has 0 aromatic carbocycles. The van der Waals surface area contributed by atoms with Crippen LogP contribution in [-0.4, -0.2) is 47.8 Å². The van der Waals surface area contributed by atoms with Gasteiger partial charge < -0.3 is 9.80 Å². The lowest BCUT2D eigenvalue weighted by molar-refractivity contribution is -0.146. The Morgan fingerprint density at radius 3 is 1.43 bits per heavy atom. The molecule has 0 aromatic rings. The van der Waals surface area contributed by atoms with Crippen LogP contribution in [0.1, 0.15) is 34.1 Å². The van der Waals surface area contributed by atoms with E-state index in [0.29, 0.717) is 0 Å². The fraction of sp³-hybridized carbons (Fsp3) is 0.765. The lowest BCUT2D eigenvalue weighted by atomic mass is 9.81. The van der Waals surface area contributed by atoms with Crippen molar-refractivity contribution in [3.05, 3.63) is 12.2 Å². The van der Waals surface area contributed by atoms with Gasteiger partial charge in [-0.3, -0.25) is 9.59 Å². The second-order valence-corrected chi connectivity index (χ2v) is 6.02. The Balaban J connectivity index is 2.24. The standard InChI is InChI=1S/C17H28N2O2/c1-5-18(6-2)16(20)14-12-9-10-13(11-12)15(14)17(21)19(7-3)8-4/h9-10,12-15H,5-8,11H2,1-4H3/t12-,13+,14-,15-/m0/s1. The molecule has 118 valence electrons. The van der Waals surface area contributed by atoms with Crippen LogP contribution in [0, 0.1) is 23.7 Å². The highest BCUT2D eigenvalue weighted by molar-refractivity contribution is 5.89. The van der Waals surface area contributed by atoms with Gasteiger partial charge in [-0.15, -0.1) is 0 Å². The van der Waals surface area contributed by atoms with Gasteiger partial charge in [-0.05, 0) is 46.0 Å². The summed E-state index contributed by atoms with van der Waals surface area (Å²) in [5, 5.41) is 0. The molecule has 2 amide bonds. The number of carbonyl (C=O) groups is 2. The molecule has 0 radical (unpaired) electrons. The third kappa shape index (κ3) is 2.72. The first-order valence-electron chi connectivity index (χ1n) is 8.34. The van der Waals surface area contributed by atoms with Crippen molar-refractivity contribution in [2.45, 2.75) is 34.1 Å². The molecule has 0 saturated heterocycles. The zero-order valence-electron chi connectivity index (χ0n) is 13.7. The van der Waals surface area contributed by atoms with E-state index in [2.05, 4.69) is 12.2 Å². The van der Waals surface area contributed by atoms with Crippen LogP contribution in [0.15, 0.2) is 12.2 Å². The predicted molar refractivity (Wildman–Crippen MR) is 83.6 cm³/mol. The maximum Gasteiger partial charge on any atom is 0.227 e. The van der Waals surface area contributed by atoms with Gasteiger partial charge in [-0.1, -0.05) is 12.2 Å². The van der Waals surface area contributed by atoms with Gasteiger partial charge in [0, 0.05) is 26.2 Å². The topological polar surface area (TPSA) is 40.6 Å². The lowest BCUT2D eigenvalue weighted by Crippen LogP contribution is -2.47. The average molecular weight is 292 g/mol. The molecule has 0 heterocycles. The molecule has 4 atom stereocenters. The van der Waals surface area contributed by atoms with E-state index in [9.17, 15) is 9.59 Å². The van der Waals surface area contributed by atoms with E-state index in [0.717, 1.165) is 32.6 Å². The molecule has 2 aliphatic carbocycles. The molecular formula is C17H28N2O2. The van der Waals surface area contributed by atoms with Crippen molar-refractivity contribution in [2.24, 2.45) is 23.7 Å². The minimum absolute atomic E-state index is 0.145. The molecule has 2 aliphatic rings. The molecule has 0 N–H and O–H groups in total. The molecule has 0 spiro atoms. The lowest BCUT2D eigenvalue weighted by Gasteiger charge is -2.33. The summed E-state index contributed by atoms with van der Waals surface area (Å²) in [5.74, 6) is 0.561. The Morgan fingerprint density at radius 1 is 0.810 bits per heavy atom. The van der Waals surface area contributed by atoms with Gasteiger partial charge in [0.05, 0.1) is 11.8 Å². The van der Waals surface area contributed by atoms with E-state index in [-0.39, 0.29) is 35.5 Å². The minimum Gasteiger partial charge on any atom is -0.343 e. The normalized spacial score (nSPS) is 29.7. The van der Waals surface area contributed by atoms with Crippen molar-refractivity contribution in [2.75, 3.05) is 26.2 Å². The Bertz CT molecular complexity index is 387. The third-order valence-electron chi connectivity index (χ3n) is 5.18. The van der Waals surface area contributed by atoms with Gasteiger partial charge >= 0.3 is 0 Å². The monoisotopic (exact) mass is 292 g/mol. The summed E-state index contributed by atoms with van der Waals surface area (Å²) in [6, 6.07) is 0. The van der Waals surface area contributed by atoms with Crippen LogP contribution in [0.4, 0.5) is 0 Å². The first-order valence-corrected chi connectivity index (χ1v) is 8.34. The average Bonchev–Trinajstić information content (AvgIpc) is 3.10. The van der Waals surface area contributed by atoms with Crippen LogP contribution in [0.2, 0.25) is 0 Å². The van der Waals surface area contributed by atoms with Crippen molar-refractivity contribution in [1.29, 1.82) is 0 Å². The van der Waals surface area contributed by atoms with Gasteiger partial charge in [0.2, 0.25) is 11.8 Å². The second kappa shape index (κ2) is 6.63. The number of amides is 2. The molecule has 4 nitrogen and oxygen atoms in total. The molecule has 4 heteroatoms. The van der Waals surface area contributed by atoms with Gasteiger partial charge in [0.25, 0.3) is 0 Å². The number of allylic oxidation sites excluding steroid dienone is 2. The Labute approximate surface area is 128 Å². The summed E-state index contributed by atoms with van der Waals surface area (Å²) in [4.78, 5) is 29.4. The number of hydrogen-bond donors (Lipinski definition) is 0. The molecular weight excluding hydrogens is 264 g/mol. The quantitative estimate of drug-likeness (QED) is 0.704. The fourth-order valence-electron chi connectivity index (χ4n) is 3.99. The number of nitrogens with zero attached hydrogens (tertiary/aromatic N) is 2. The molecule has 1 fully saturated rings. The fourth-order valence-corrected chi connectivity index (χ4v) is 3.99. The molecule has 0 aliphatic heterocycles. The van der Waals surface area contributed by atoms with Crippen molar-refractivity contribution < 1.29 is 9.59 Å². The highest BCUT2D eigenvalue weighted by atomic mass is 16.2. The Kier molecular flexibility index (Phi) is 5.07. The number of rotatable bonds is 6. The smallest absolute Gasteiger partial charge is 0.227 e. The summed E-state index contributed by atoms with van der Waals surface area (Å²) in [5.41, 5.74) is 0.